The quantitative estimate of drug-likeness (QED) is 0.751. The lowest BCUT2D eigenvalue weighted by molar-refractivity contribution is 0.0940. The van der Waals surface area contributed by atoms with Crippen LogP contribution < -0.4 is 11.1 Å². The van der Waals surface area contributed by atoms with Crippen molar-refractivity contribution in [2.75, 3.05) is 31.9 Å². The molecule has 0 radical (unpaired) electrons. The Bertz CT molecular complexity index is 448. The third kappa shape index (κ3) is 3.50. The van der Waals surface area contributed by atoms with Gasteiger partial charge in [0.25, 0.3) is 5.91 Å². The second-order valence-corrected chi connectivity index (χ2v) is 5.60. The molecular weight excluding hydrogens is 254 g/mol. The monoisotopic (exact) mass is 279 g/mol. The van der Waals surface area contributed by atoms with Crippen LogP contribution in [0.3, 0.4) is 0 Å². The first kappa shape index (κ1) is 14.8. The third-order valence-electron chi connectivity index (χ3n) is 4.04. The molecule has 0 aromatic carbocycles. The van der Waals surface area contributed by atoms with Gasteiger partial charge < -0.3 is 16.0 Å². The molecular formula is C14H25N5O. The lowest BCUT2D eigenvalue weighted by Crippen LogP contribution is -2.39. The number of piperidine rings is 1. The fourth-order valence-corrected chi connectivity index (χ4v) is 2.53. The second-order valence-electron chi connectivity index (χ2n) is 5.60. The van der Waals surface area contributed by atoms with E-state index in [9.17, 15) is 4.79 Å². The molecule has 0 aliphatic carbocycles. The van der Waals surface area contributed by atoms with E-state index in [1.54, 1.807) is 0 Å². The number of aromatic nitrogens is 2. The average molecular weight is 279 g/mol. The van der Waals surface area contributed by atoms with E-state index in [1.807, 2.05) is 6.92 Å². The standard InChI is InChI=1S/C14H25N5O/c1-3-11-12(15)13(18-17-11)14(20)16-6-9-19-7-4-10(2)5-8-19/h10H,3-9,15H2,1-2H3,(H,16,20)(H,17,18). The van der Waals surface area contributed by atoms with Crippen molar-refractivity contribution in [3.8, 4) is 0 Å². The van der Waals surface area contributed by atoms with Gasteiger partial charge >= 0.3 is 0 Å². The van der Waals surface area contributed by atoms with Crippen molar-refractivity contribution in [3.63, 3.8) is 0 Å². The molecule has 4 N–H and O–H groups in total. The van der Waals surface area contributed by atoms with Crippen molar-refractivity contribution in [3.05, 3.63) is 11.4 Å². The molecule has 1 aliphatic rings. The van der Waals surface area contributed by atoms with E-state index in [-0.39, 0.29) is 5.91 Å². The fraction of sp³-hybridized carbons (Fsp3) is 0.714. The summed E-state index contributed by atoms with van der Waals surface area (Å²) in [5, 5.41) is 9.68. The van der Waals surface area contributed by atoms with Gasteiger partial charge in [0, 0.05) is 13.1 Å². The first-order valence-corrected chi connectivity index (χ1v) is 7.45. The van der Waals surface area contributed by atoms with Crippen LogP contribution in [-0.4, -0.2) is 47.2 Å². The molecule has 0 bridgehead atoms. The number of anilines is 1. The molecule has 1 aromatic heterocycles. The van der Waals surface area contributed by atoms with Crippen LogP contribution >= 0.6 is 0 Å². The number of rotatable bonds is 5. The maximum Gasteiger partial charge on any atom is 0.273 e. The van der Waals surface area contributed by atoms with Crippen LogP contribution in [0.2, 0.25) is 0 Å². The van der Waals surface area contributed by atoms with E-state index >= 15 is 0 Å². The maximum absolute atomic E-state index is 12.0. The Kier molecular flexibility index (Phi) is 5.00. The van der Waals surface area contributed by atoms with Crippen LogP contribution in [0, 0.1) is 5.92 Å². The summed E-state index contributed by atoms with van der Waals surface area (Å²) in [5.41, 5.74) is 7.48. The number of aromatic amines is 1. The number of likely N-dealkylation sites (tertiary alicyclic amines) is 1. The summed E-state index contributed by atoms with van der Waals surface area (Å²) in [6.07, 6.45) is 3.25. The summed E-state index contributed by atoms with van der Waals surface area (Å²) in [7, 11) is 0. The highest BCUT2D eigenvalue weighted by molar-refractivity contribution is 5.97. The maximum atomic E-state index is 12.0. The van der Waals surface area contributed by atoms with Crippen molar-refractivity contribution in [2.24, 2.45) is 5.92 Å². The highest BCUT2D eigenvalue weighted by Gasteiger charge is 2.18. The zero-order valence-electron chi connectivity index (χ0n) is 12.4. The Balaban J connectivity index is 1.76. The van der Waals surface area contributed by atoms with Crippen molar-refractivity contribution < 1.29 is 4.79 Å². The van der Waals surface area contributed by atoms with Crippen molar-refractivity contribution in [2.45, 2.75) is 33.1 Å². The van der Waals surface area contributed by atoms with E-state index in [2.05, 4.69) is 27.3 Å². The van der Waals surface area contributed by atoms with Crippen LogP contribution in [0.25, 0.3) is 0 Å². The molecule has 0 unspecified atom stereocenters. The topological polar surface area (TPSA) is 87.0 Å². The number of nitrogens with two attached hydrogens (primary N) is 1. The number of aryl methyl sites for hydroxylation is 1. The van der Waals surface area contributed by atoms with E-state index in [0.717, 1.165) is 37.7 Å². The second kappa shape index (κ2) is 6.74. The lowest BCUT2D eigenvalue weighted by Gasteiger charge is -2.30. The largest absolute Gasteiger partial charge is 0.395 e. The number of H-pyrrole nitrogens is 1. The van der Waals surface area contributed by atoms with Gasteiger partial charge in [-0.25, -0.2) is 0 Å². The van der Waals surface area contributed by atoms with Crippen molar-refractivity contribution in [1.29, 1.82) is 0 Å². The number of carbonyl (C=O) groups is 1. The lowest BCUT2D eigenvalue weighted by atomic mass is 9.99. The van der Waals surface area contributed by atoms with Gasteiger partial charge in [-0.3, -0.25) is 9.89 Å². The summed E-state index contributed by atoms with van der Waals surface area (Å²) in [6, 6.07) is 0. The summed E-state index contributed by atoms with van der Waals surface area (Å²) < 4.78 is 0. The number of nitrogens with one attached hydrogen (secondary N) is 2. The number of amides is 1. The van der Waals surface area contributed by atoms with Crippen LogP contribution in [0.5, 0.6) is 0 Å². The molecule has 1 saturated heterocycles. The molecule has 2 rings (SSSR count). The number of nitrogen functional groups attached to an aromatic ring is 1. The molecule has 6 heteroatoms. The van der Waals surface area contributed by atoms with Crippen LogP contribution in [0.15, 0.2) is 0 Å². The Morgan fingerprint density at radius 1 is 1.50 bits per heavy atom. The van der Waals surface area contributed by atoms with Gasteiger partial charge in [-0.05, 0) is 38.3 Å². The summed E-state index contributed by atoms with van der Waals surface area (Å²) >= 11 is 0. The minimum atomic E-state index is -0.191. The van der Waals surface area contributed by atoms with E-state index in [4.69, 9.17) is 5.73 Å². The molecule has 1 aromatic rings. The Morgan fingerprint density at radius 3 is 2.80 bits per heavy atom. The van der Waals surface area contributed by atoms with Gasteiger partial charge in [0.2, 0.25) is 0 Å². The molecule has 0 atom stereocenters. The summed E-state index contributed by atoms with van der Waals surface area (Å²) in [5.74, 6) is 0.640. The molecule has 1 amide bonds. The normalized spacial score (nSPS) is 17.3. The van der Waals surface area contributed by atoms with E-state index < -0.39 is 0 Å². The number of hydrogen-bond acceptors (Lipinski definition) is 4. The average Bonchev–Trinajstić information content (AvgIpc) is 2.82. The molecule has 0 spiro atoms. The molecule has 2 heterocycles. The van der Waals surface area contributed by atoms with Gasteiger partial charge in [0.15, 0.2) is 5.69 Å². The van der Waals surface area contributed by atoms with Gasteiger partial charge in [-0.1, -0.05) is 13.8 Å². The molecule has 1 aliphatic heterocycles. The molecule has 6 nitrogen and oxygen atoms in total. The number of carbonyl (C=O) groups excluding carboxylic acids is 1. The highest BCUT2D eigenvalue weighted by atomic mass is 16.1. The summed E-state index contributed by atoms with van der Waals surface area (Å²) in [6.45, 7) is 8.06. The predicted octanol–water partition coefficient (Wildman–Crippen LogP) is 1.02. The minimum Gasteiger partial charge on any atom is -0.395 e. The van der Waals surface area contributed by atoms with Crippen LogP contribution in [-0.2, 0) is 6.42 Å². The van der Waals surface area contributed by atoms with Gasteiger partial charge in [0.1, 0.15) is 0 Å². The van der Waals surface area contributed by atoms with E-state index in [0.29, 0.717) is 17.9 Å². The smallest absolute Gasteiger partial charge is 0.273 e. The zero-order chi connectivity index (χ0) is 14.5. The Hall–Kier alpha value is -1.56. The number of nitrogens with zero attached hydrogens (tertiary/aromatic N) is 2. The zero-order valence-corrected chi connectivity index (χ0v) is 12.4. The Morgan fingerprint density at radius 2 is 2.20 bits per heavy atom. The SMILES string of the molecule is CCc1[nH]nc(C(=O)NCCN2CCC(C)CC2)c1N. The molecule has 1 fully saturated rings. The third-order valence-corrected chi connectivity index (χ3v) is 4.04. The predicted molar refractivity (Wildman–Crippen MR) is 79.5 cm³/mol. The first-order valence-electron chi connectivity index (χ1n) is 7.45. The first-order chi connectivity index (χ1) is 9.61. The van der Waals surface area contributed by atoms with Gasteiger partial charge in [-0.15, -0.1) is 0 Å². The Labute approximate surface area is 120 Å². The summed E-state index contributed by atoms with van der Waals surface area (Å²) in [4.78, 5) is 14.4. The van der Waals surface area contributed by atoms with Crippen molar-refractivity contribution in [1.82, 2.24) is 20.4 Å². The molecule has 20 heavy (non-hydrogen) atoms. The van der Waals surface area contributed by atoms with Crippen LogP contribution in [0.4, 0.5) is 5.69 Å². The van der Waals surface area contributed by atoms with Gasteiger partial charge in [0.05, 0.1) is 11.4 Å². The van der Waals surface area contributed by atoms with Crippen LogP contribution in [0.1, 0.15) is 42.9 Å². The fourth-order valence-electron chi connectivity index (χ4n) is 2.53. The minimum absolute atomic E-state index is 0.191. The number of hydrogen-bond donors (Lipinski definition) is 3. The van der Waals surface area contributed by atoms with Gasteiger partial charge in [-0.2, -0.15) is 5.10 Å². The molecule has 112 valence electrons. The van der Waals surface area contributed by atoms with Crippen molar-refractivity contribution >= 4 is 11.6 Å². The highest BCUT2D eigenvalue weighted by Crippen LogP contribution is 2.15. The van der Waals surface area contributed by atoms with E-state index in [1.165, 1.54) is 12.8 Å². The molecule has 0 saturated carbocycles.